The lowest BCUT2D eigenvalue weighted by molar-refractivity contribution is 0.0600. The van der Waals surface area contributed by atoms with Crippen LogP contribution in [0.1, 0.15) is 27.2 Å². The number of benzene rings is 3. The third-order valence-electron chi connectivity index (χ3n) is 6.26. The van der Waals surface area contributed by atoms with Gasteiger partial charge in [-0.25, -0.2) is 4.79 Å². The summed E-state index contributed by atoms with van der Waals surface area (Å²) in [7, 11) is 1.38. The molecule has 0 aliphatic heterocycles. The molecule has 0 aliphatic carbocycles. The summed E-state index contributed by atoms with van der Waals surface area (Å²) in [6, 6.07) is 30.2. The molecule has 5 heteroatoms. The van der Waals surface area contributed by atoms with E-state index in [1.165, 1.54) is 7.11 Å². The molecule has 0 bridgehead atoms. The third-order valence-corrected chi connectivity index (χ3v) is 6.26. The quantitative estimate of drug-likeness (QED) is 0.269. The number of nitrogens with zero attached hydrogens (tertiary/aromatic N) is 2. The van der Waals surface area contributed by atoms with Crippen molar-refractivity contribution in [3.8, 4) is 11.1 Å². The molecule has 0 saturated heterocycles. The highest BCUT2D eigenvalue weighted by atomic mass is 16.5. The average molecular weight is 474 g/mol. The summed E-state index contributed by atoms with van der Waals surface area (Å²) in [5, 5.41) is 4.59. The smallest absolute Gasteiger partial charge is 0.337 e. The summed E-state index contributed by atoms with van der Waals surface area (Å²) >= 11 is 0. The van der Waals surface area contributed by atoms with Crippen LogP contribution in [0.15, 0.2) is 110 Å². The summed E-state index contributed by atoms with van der Waals surface area (Å²) in [6.07, 6.45) is 4.03. The fourth-order valence-electron chi connectivity index (χ4n) is 4.31. The molecule has 5 rings (SSSR count). The minimum atomic E-state index is -0.337. The Hall–Kier alpha value is -4.64. The van der Waals surface area contributed by atoms with Crippen LogP contribution in [0.4, 0.5) is 0 Å². The Balaban J connectivity index is 1.33. The number of aromatic nitrogens is 2. The predicted molar refractivity (Wildman–Crippen MR) is 144 cm³/mol. The normalized spacial score (nSPS) is 10.8. The number of para-hydroxylation sites is 1. The average Bonchev–Trinajstić information content (AvgIpc) is 3.35. The summed E-state index contributed by atoms with van der Waals surface area (Å²) in [5.41, 5.74) is 7.84. The molecule has 2 aromatic heterocycles. The minimum Gasteiger partial charge on any atom is -0.465 e. The van der Waals surface area contributed by atoms with Crippen LogP contribution in [0.2, 0.25) is 0 Å². The lowest BCUT2D eigenvalue weighted by Crippen LogP contribution is -2.12. The number of fused-ring (bicyclic) bond motifs is 1. The number of rotatable bonds is 8. The molecule has 3 aromatic carbocycles. The fourth-order valence-corrected chi connectivity index (χ4v) is 4.31. The van der Waals surface area contributed by atoms with Crippen LogP contribution in [-0.2, 0) is 17.8 Å². The summed E-state index contributed by atoms with van der Waals surface area (Å²) < 4.78 is 6.99. The number of carbonyl (C=O) groups excluding carboxylic acids is 1. The van der Waals surface area contributed by atoms with Crippen LogP contribution in [0.3, 0.4) is 0 Å². The van der Waals surface area contributed by atoms with Gasteiger partial charge in [0.1, 0.15) is 0 Å². The molecule has 0 spiro atoms. The first kappa shape index (κ1) is 23.1. The highest BCUT2D eigenvalue weighted by molar-refractivity contribution is 5.91. The monoisotopic (exact) mass is 473 g/mol. The van der Waals surface area contributed by atoms with Crippen LogP contribution >= 0.6 is 0 Å². The van der Waals surface area contributed by atoms with Crippen LogP contribution in [0.25, 0.3) is 27.7 Å². The van der Waals surface area contributed by atoms with Crippen LogP contribution in [-0.4, -0.2) is 22.6 Å². The molecule has 0 saturated carbocycles. The zero-order valence-electron chi connectivity index (χ0n) is 20.1. The maximum Gasteiger partial charge on any atom is 0.337 e. The van der Waals surface area contributed by atoms with Gasteiger partial charge < -0.3 is 14.6 Å². The Kier molecular flexibility index (Phi) is 6.63. The van der Waals surface area contributed by atoms with E-state index >= 15 is 0 Å². The Bertz CT molecular complexity index is 1500. The first-order valence-electron chi connectivity index (χ1n) is 11.8. The SMILES string of the molecule is C=C(NCc1ccc(C(=O)OC)cc1)c1cccc2ccn(Cc3ccc(-c4ccccc4)cn3)c12. The van der Waals surface area contributed by atoms with Crippen molar-refractivity contribution in [2.24, 2.45) is 0 Å². The van der Waals surface area contributed by atoms with E-state index in [0.717, 1.165) is 44.5 Å². The first-order valence-corrected chi connectivity index (χ1v) is 11.8. The van der Waals surface area contributed by atoms with E-state index in [1.807, 2.05) is 42.6 Å². The highest BCUT2D eigenvalue weighted by Gasteiger charge is 2.11. The van der Waals surface area contributed by atoms with Gasteiger partial charge in [-0.3, -0.25) is 4.98 Å². The zero-order chi connectivity index (χ0) is 24.9. The molecule has 0 fully saturated rings. The molecule has 0 radical (unpaired) electrons. The highest BCUT2D eigenvalue weighted by Crippen LogP contribution is 2.26. The van der Waals surface area contributed by atoms with Crippen LogP contribution < -0.4 is 5.32 Å². The minimum absolute atomic E-state index is 0.337. The molecule has 5 aromatic rings. The second kappa shape index (κ2) is 10.3. The van der Waals surface area contributed by atoms with E-state index in [4.69, 9.17) is 9.72 Å². The van der Waals surface area contributed by atoms with E-state index in [0.29, 0.717) is 18.7 Å². The number of pyridine rings is 1. The lowest BCUT2D eigenvalue weighted by Gasteiger charge is -2.14. The van der Waals surface area contributed by atoms with Crippen LogP contribution in [0.5, 0.6) is 0 Å². The van der Waals surface area contributed by atoms with Gasteiger partial charge in [-0.2, -0.15) is 0 Å². The summed E-state index contributed by atoms with van der Waals surface area (Å²) in [5.74, 6) is -0.337. The van der Waals surface area contributed by atoms with Crippen molar-refractivity contribution in [1.82, 2.24) is 14.9 Å². The van der Waals surface area contributed by atoms with E-state index < -0.39 is 0 Å². The molecular weight excluding hydrogens is 446 g/mol. The number of esters is 1. The van der Waals surface area contributed by atoms with E-state index in [1.54, 1.807) is 12.1 Å². The third kappa shape index (κ3) is 4.91. The number of ether oxygens (including phenoxy) is 1. The molecule has 5 nitrogen and oxygen atoms in total. The van der Waals surface area contributed by atoms with Crippen molar-refractivity contribution in [3.63, 3.8) is 0 Å². The maximum atomic E-state index is 11.7. The van der Waals surface area contributed by atoms with Crippen molar-refractivity contribution in [2.45, 2.75) is 13.1 Å². The predicted octanol–water partition coefficient (Wildman–Crippen LogP) is 6.30. The van der Waals surface area contributed by atoms with Crippen molar-refractivity contribution >= 4 is 22.6 Å². The van der Waals surface area contributed by atoms with Gasteiger partial charge in [0.2, 0.25) is 0 Å². The zero-order valence-corrected chi connectivity index (χ0v) is 20.1. The Morgan fingerprint density at radius 3 is 2.44 bits per heavy atom. The van der Waals surface area contributed by atoms with Gasteiger partial charge in [0.15, 0.2) is 0 Å². The lowest BCUT2D eigenvalue weighted by atomic mass is 10.1. The van der Waals surface area contributed by atoms with Crippen molar-refractivity contribution in [2.75, 3.05) is 7.11 Å². The number of nitrogens with one attached hydrogen (secondary N) is 1. The molecule has 36 heavy (non-hydrogen) atoms. The number of carbonyl (C=O) groups is 1. The standard InChI is InChI=1S/C31H27N3O2/c1-22(32-19-23-11-13-26(14-12-23)31(35)36-2)29-10-6-9-25-17-18-34(30(25)29)21-28-16-15-27(20-33-28)24-7-4-3-5-8-24/h3-18,20,32H,1,19,21H2,2H3. The summed E-state index contributed by atoms with van der Waals surface area (Å²) in [6.45, 7) is 5.57. The van der Waals surface area contributed by atoms with Gasteiger partial charge in [0.25, 0.3) is 0 Å². The van der Waals surface area contributed by atoms with Gasteiger partial charge in [0.05, 0.1) is 30.4 Å². The summed E-state index contributed by atoms with van der Waals surface area (Å²) in [4.78, 5) is 16.4. The number of hydrogen-bond acceptors (Lipinski definition) is 4. The Morgan fingerprint density at radius 1 is 0.917 bits per heavy atom. The molecule has 0 amide bonds. The van der Waals surface area contributed by atoms with Gasteiger partial charge in [-0.1, -0.05) is 73.3 Å². The van der Waals surface area contributed by atoms with Crippen molar-refractivity contribution in [3.05, 3.63) is 132 Å². The Labute approximate surface area is 210 Å². The van der Waals surface area contributed by atoms with Gasteiger partial charge in [-0.15, -0.1) is 0 Å². The van der Waals surface area contributed by atoms with E-state index in [9.17, 15) is 4.79 Å². The maximum absolute atomic E-state index is 11.7. The van der Waals surface area contributed by atoms with Crippen molar-refractivity contribution in [1.29, 1.82) is 0 Å². The van der Waals surface area contributed by atoms with Gasteiger partial charge in [0, 0.05) is 41.1 Å². The molecule has 0 atom stereocenters. The number of methoxy groups -OCH3 is 1. The molecular formula is C31H27N3O2. The second-order valence-corrected chi connectivity index (χ2v) is 8.61. The van der Waals surface area contributed by atoms with Crippen molar-refractivity contribution < 1.29 is 9.53 Å². The Morgan fingerprint density at radius 2 is 1.72 bits per heavy atom. The van der Waals surface area contributed by atoms with Crippen LogP contribution in [0, 0.1) is 0 Å². The fraction of sp³-hybridized carbons (Fsp3) is 0.0968. The largest absolute Gasteiger partial charge is 0.465 e. The molecule has 0 unspecified atom stereocenters. The molecule has 178 valence electrons. The van der Waals surface area contributed by atoms with Gasteiger partial charge in [-0.05, 0) is 35.4 Å². The first-order chi connectivity index (χ1) is 17.6. The topological polar surface area (TPSA) is 56.1 Å². The van der Waals surface area contributed by atoms with E-state index in [-0.39, 0.29) is 5.97 Å². The molecule has 0 aliphatic rings. The number of hydrogen-bond donors (Lipinski definition) is 1. The van der Waals surface area contributed by atoms with Gasteiger partial charge >= 0.3 is 5.97 Å². The van der Waals surface area contributed by atoms with E-state index in [2.05, 4.69) is 65.1 Å². The second-order valence-electron chi connectivity index (χ2n) is 8.61. The molecule has 2 heterocycles. The molecule has 1 N–H and O–H groups in total.